The van der Waals surface area contributed by atoms with Crippen molar-refractivity contribution in [2.75, 3.05) is 47.5 Å². The van der Waals surface area contributed by atoms with Gasteiger partial charge in [0.1, 0.15) is 19.8 Å². The van der Waals surface area contributed by atoms with Crippen LogP contribution in [0.3, 0.4) is 0 Å². The Morgan fingerprint density at radius 1 is 0.422 bits per heavy atom. The monoisotopic (exact) mass is 930 g/mol. The molecular formula is C54H108NO8P. The molecule has 0 bridgehead atoms. The number of unbranched alkanes of at least 4 members (excludes halogenated alkanes) is 38. The molecule has 0 aliphatic rings. The Hall–Kier alpha value is -0.990. The summed E-state index contributed by atoms with van der Waals surface area (Å²) in [5.41, 5.74) is 0. The first-order valence-electron chi connectivity index (χ1n) is 27.7. The van der Waals surface area contributed by atoms with Crippen molar-refractivity contribution >= 4 is 19.8 Å². The van der Waals surface area contributed by atoms with Gasteiger partial charge in [0.2, 0.25) is 0 Å². The highest BCUT2D eigenvalue weighted by atomic mass is 31.2. The van der Waals surface area contributed by atoms with Gasteiger partial charge in [-0.1, -0.05) is 258 Å². The fourth-order valence-electron chi connectivity index (χ4n) is 8.31. The third-order valence-electron chi connectivity index (χ3n) is 12.6. The highest BCUT2D eigenvalue weighted by molar-refractivity contribution is 7.45. The van der Waals surface area contributed by atoms with Gasteiger partial charge in [0.05, 0.1) is 27.7 Å². The molecule has 0 saturated carbocycles. The molecule has 0 N–H and O–H groups in total. The number of hydrogen-bond donors (Lipinski definition) is 0. The minimum atomic E-state index is -4.62. The average molecular weight is 930 g/mol. The van der Waals surface area contributed by atoms with Crippen LogP contribution in [0, 0.1) is 0 Å². The van der Waals surface area contributed by atoms with Crippen molar-refractivity contribution in [3.05, 3.63) is 0 Å². The molecule has 0 aromatic heterocycles. The third kappa shape index (κ3) is 50.4. The van der Waals surface area contributed by atoms with Crippen LogP contribution < -0.4 is 4.89 Å². The van der Waals surface area contributed by atoms with E-state index in [2.05, 4.69) is 13.8 Å². The predicted octanol–water partition coefficient (Wildman–Crippen LogP) is 16.1. The molecule has 0 rings (SSSR count). The van der Waals surface area contributed by atoms with Crippen LogP contribution in [0.1, 0.15) is 284 Å². The molecule has 0 aliphatic heterocycles. The Morgan fingerprint density at radius 3 is 1.00 bits per heavy atom. The molecule has 2 atom stereocenters. The summed E-state index contributed by atoms with van der Waals surface area (Å²) < 4.78 is 34.1. The van der Waals surface area contributed by atoms with Gasteiger partial charge in [0, 0.05) is 12.8 Å². The van der Waals surface area contributed by atoms with Gasteiger partial charge in [-0.2, -0.15) is 0 Å². The number of nitrogens with zero attached hydrogens (tertiary/aromatic N) is 1. The molecule has 64 heavy (non-hydrogen) atoms. The molecule has 0 aromatic rings. The maximum absolute atomic E-state index is 12.8. The van der Waals surface area contributed by atoms with E-state index >= 15 is 0 Å². The lowest BCUT2D eigenvalue weighted by atomic mass is 10.0. The molecule has 10 heteroatoms. The van der Waals surface area contributed by atoms with Crippen LogP contribution in [-0.2, 0) is 32.7 Å². The van der Waals surface area contributed by atoms with E-state index in [9.17, 15) is 19.0 Å². The van der Waals surface area contributed by atoms with Crippen molar-refractivity contribution in [3.8, 4) is 0 Å². The molecule has 2 unspecified atom stereocenters. The van der Waals surface area contributed by atoms with Gasteiger partial charge in [-0.15, -0.1) is 0 Å². The number of carbonyl (C=O) groups excluding carboxylic acids is 2. The molecule has 0 amide bonds. The van der Waals surface area contributed by atoms with Crippen LogP contribution in [0.2, 0.25) is 0 Å². The standard InChI is InChI=1S/C54H108NO8P/c1-6-8-10-12-14-16-18-20-22-24-26-27-28-29-31-32-34-36-38-40-42-44-46-53(56)60-50-52(51-62-64(58,59)61-49-48-55(3,4)5)63-54(57)47-45-43-41-39-37-35-33-30-25-23-21-19-17-15-13-11-9-7-2/h52H,6-51H2,1-5H3. The summed E-state index contributed by atoms with van der Waals surface area (Å²) in [7, 11) is 1.19. The minimum Gasteiger partial charge on any atom is -0.756 e. The topological polar surface area (TPSA) is 111 Å². The number of phosphoric acid groups is 1. The second-order valence-corrected chi connectivity index (χ2v) is 21.7. The van der Waals surface area contributed by atoms with Gasteiger partial charge in [0.25, 0.3) is 7.82 Å². The Kier molecular flexibility index (Phi) is 46.4. The molecule has 382 valence electrons. The molecule has 0 aromatic carbocycles. The van der Waals surface area contributed by atoms with Gasteiger partial charge < -0.3 is 27.9 Å². The summed E-state index contributed by atoms with van der Waals surface area (Å²) in [5, 5.41) is 0. The van der Waals surface area contributed by atoms with Crippen molar-refractivity contribution in [2.24, 2.45) is 0 Å². The van der Waals surface area contributed by atoms with Crippen molar-refractivity contribution in [2.45, 2.75) is 290 Å². The van der Waals surface area contributed by atoms with E-state index in [0.29, 0.717) is 17.4 Å². The number of ether oxygens (including phenoxy) is 2. The second-order valence-electron chi connectivity index (χ2n) is 20.3. The molecule has 0 aliphatic carbocycles. The summed E-state index contributed by atoms with van der Waals surface area (Å²) in [5.74, 6) is -0.811. The quantitative estimate of drug-likeness (QED) is 0.0257. The number of phosphoric ester groups is 1. The van der Waals surface area contributed by atoms with Crippen molar-refractivity contribution in [1.82, 2.24) is 0 Å². The molecule has 9 nitrogen and oxygen atoms in total. The lowest BCUT2D eigenvalue weighted by Gasteiger charge is -2.28. The number of quaternary nitrogens is 1. The van der Waals surface area contributed by atoms with E-state index < -0.39 is 26.5 Å². The highest BCUT2D eigenvalue weighted by Crippen LogP contribution is 2.38. The highest BCUT2D eigenvalue weighted by Gasteiger charge is 2.22. The van der Waals surface area contributed by atoms with Crippen molar-refractivity contribution in [3.63, 3.8) is 0 Å². The first-order chi connectivity index (χ1) is 31.0. The molecular weight excluding hydrogens is 822 g/mol. The number of esters is 2. The Morgan fingerprint density at radius 2 is 0.703 bits per heavy atom. The molecule has 0 spiro atoms. The van der Waals surface area contributed by atoms with Crippen LogP contribution in [0.5, 0.6) is 0 Å². The Balaban J connectivity index is 4.13. The molecule has 0 heterocycles. The zero-order valence-electron chi connectivity index (χ0n) is 43.3. The summed E-state index contributed by atoms with van der Waals surface area (Å²) in [6, 6.07) is 0. The summed E-state index contributed by atoms with van der Waals surface area (Å²) in [4.78, 5) is 37.8. The van der Waals surface area contributed by atoms with Crippen LogP contribution in [0.4, 0.5) is 0 Å². The Bertz CT molecular complexity index is 1050. The summed E-state index contributed by atoms with van der Waals surface area (Å²) >= 11 is 0. The number of carbonyl (C=O) groups is 2. The maximum Gasteiger partial charge on any atom is 0.306 e. The maximum atomic E-state index is 12.8. The smallest absolute Gasteiger partial charge is 0.306 e. The van der Waals surface area contributed by atoms with Crippen LogP contribution in [-0.4, -0.2) is 70.0 Å². The van der Waals surface area contributed by atoms with Crippen molar-refractivity contribution < 1.29 is 42.1 Å². The van der Waals surface area contributed by atoms with Crippen molar-refractivity contribution in [1.29, 1.82) is 0 Å². The molecule has 0 radical (unpaired) electrons. The lowest BCUT2D eigenvalue weighted by Crippen LogP contribution is -2.37. The van der Waals surface area contributed by atoms with Crippen LogP contribution >= 0.6 is 7.82 Å². The fourth-order valence-corrected chi connectivity index (χ4v) is 9.03. The first-order valence-corrected chi connectivity index (χ1v) is 29.2. The zero-order valence-corrected chi connectivity index (χ0v) is 44.2. The van der Waals surface area contributed by atoms with Gasteiger partial charge in [-0.3, -0.25) is 14.2 Å². The lowest BCUT2D eigenvalue weighted by molar-refractivity contribution is -0.870. The summed E-state index contributed by atoms with van der Waals surface area (Å²) in [6.07, 6.45) is 51.4. The van der Waals surface area contributed by atoms with E-state index in [-0.39, 0.29) is 32.0 Å². The molecule has 0 saturated heterocycles. The zero-order chi connectivity index (χ0) is 47.1. The van der Waals surface area contributed by atoms with E-state index in [4.69, 9.17) is 18.5 Å². The van der Waals surface area contributed by atoms with Gasteiger partial charge in [-0.25, -0.2) is 0 Å². The normalized spacial score (nSPS) is 13.3. The Labute approximate surface area is 397 Å². The van der Waals surface area contributed by atoms with Gasteiger partial charge >= 0.3 is 11.9 Å². The van der Waals surface area contributed by atoms with Crippen LogP contribution in [0.15, 0.2) is 0 Å². The van der Waals surface area contributed by atoms with E-state index in [1.807, 2.05) is 21.1 Å². The van der Waals surface area contributed by atoms with E-state index in [1.165, 1.54) is 218 Å². The summed E-state index contributed by atoms with van der Waals surface area (Å²) in [6.45, 7) is 4.31. The van der Waals surface area contributed by atoms with E-state index in [1.54, 1.807) is 0 Å². The average Bonchev–Trinajstić information content (AvgIpc) is 3.25. The number of hydrogen-bond acceptors (Lipinski definition) is 8. The van der Waals surface area contributed by atoms with Crippen LogP contribution in [0.25, 0.3) is 0 Å². The van der Waals surface area contributed by atoms with E-state index in [0.717, 1.165) is 32.1 Å². The second kappa shape index (κ2) is 47.1. The minimum absolute atomic E-state index is 0.0252. The predicted molar refractivity (Wildman–Crippen MR) is 269 cm³/mol. The molecule has 0 fully saturated rings. The fraction of sp³-hybridized carbons (Fsp3) is 0.963. The largest absolute Gasteiger partial charge is 0.756 e. The SMILES string of the molecule is CCCCCCCCCCCCCCCCCCCCCCCCC(=O)OCC(COP(=O)([O-])OCC[N+](C)(C)C)OC(=O)CCCCCCCCCCCCCCCCCCCC. The van der Waals surface area contributed by atoms with Gasteiger partial charge in [-0.05, 0) is 12.8 Å². The number of likely N-dealkylation sites (N-methyl/N-ethyl adjacent to an activating group) is 1. The number of rotatable bonds is 52. The first kappa shape index (κ1) is 63.0. The third-order valence-corrected chi connectivity index (χ3v) is 13.6. The van der Waals surface area contributed by atoms with Gasteiger partial charge in [0.15, 0.2) is 6.10 Å².